The highest BCUT2D eigenvalue weighted by molar-refractivity contribution is 9.10. The molecule has 0 amide bonds. The molecule has 1 atom stereocenters. The van der Waals surface area contributed by atoms with Crippen LogP contribution in [0.1, 0.15) is 24.1 Å². The van der Waals surface area contributed by atoms with E-state index < -0.39 is 0 Å². The summed E-state index contributed by atoms with van der Waals surface area (Å²) in [6.07, 6.45) is 1.79. The van der Waals surface area contributed by atoms with E-state index in [4.69, 9.17) is 5.73 Å². The molecule has 3 heteroatoms. The smallest absolute Gasteiger partial charge is 0.108 e. The van der Waals surface area contributed by atoms with E-state index in [-0.39, 0.29) is 6.04 Å². The van der Waals surface area contributed by atoms with Crippen molar-refractivity contribution in [3.05, 3.63) is 28.0 Å². The summed E-state index contributed by atoms with van der Waals surface area (Å²) < 4.78 is 0.891. The summed E-state index contributed by atoms with van der Waals surface area (Å²) >= 11 is 3.33. The van der Waals surface area contributed by atoms with Gasteiger partial charge in [0.25, 0.3) is 0 Å². The van der Waals surface area contributed by atoms with E-state index in [2.05, 4.69) is 20.9 Å². The van der Waals surface area contributed by atoms with E-state index in [1.54, 1.807) is 6.20 Å². The standard InChI is InChI=1S/C8H11BrN2/c1-5-3-7(6(2)10)4-11-8(5)9/h3-4,6H,10H2,1-2H3/t6-/m0/s1. The third kappa shape index (κ3) is 2.01. The first-order chi connectivity index (χ1) is 5.11. The lowest BCUT2D eigenvalue weighted by molar-refractivity contribution is 0.808. The van der Waals surface area contributed by atoms with Crippen molar-refractivity contribution >= 4 is 15.9 Å². The van der Waals surface area contributed by atoms with Gasteiger partial charge in [-0.25, -0.2) is 4.98 Å². The summed E-state index contributed by atoms with van der Waals surface area (Å²) in [5.41, 5.74) is 7.88. The van der Waals surface area contributed by atoms with Gasteiger partial charge in [-0.1, -0.05) is 6.07 Å². The van der Waals surface area contributed by atoms with Gasteiger partial charge in [-0.2, -0.15) is 0 Å². The highest BCUT2D eigenvalue weighted by Crippen LogP contribution is 2.16. The van der Waals surface area contributed by atoms with Gasteiger partial charge in [0.2, 0.25) is 0 Å². The van der Waals surface area contributed by atoms with E-state index in [1.165, 1.54) is 0 Å². The molecule has 0 radical (unpaired) electrons. The van der Waals surface area contributed by atoms with Crippen molar-refractivity contribution in [2.75, 3.05) is 0 Å². The largest absolute Gasteiger partial charge is 0.324 e. The summed E-state index contributed by atoms with van der Waals surface area (Å²) in [5.74, 6) is 0. The van der Waals surface area contributed by atoms with Crippen LogP contribution in [0, 0.1) is 6.92 Å². The minimum atomic E-state index is 0.0642. The monoisotopic (exact) mass is 214 g/mol. The molecule has 0 spiro atoms. The van der Waals surface area contributed by atoms with Crippen LogP contribution in [0.25, 0.3) is 0 Å². The second-order valence-electron chi connectivity index (χ2n) is 2.67. The first-order valence-electron chi connectivity index (χ1n) is 3.49. The Bertz CT molecular complexity index is 258. The van der Waals surface area contributed by atoms with E-state index in [9.17, 15) is 0 Å². The zero-order chi connectivity index (χ0) is 8.43. The minimum absolute atomic E-state index is 0.0642. The maximum atomic E-state index is 5.68. The summed E-state index contributed by atoms with van der Waals surface area (Å²) in [6.45, 7) is 3.95. The maximum Gasteiger partial charge on any atom is 0.108 e. The van der Waals surface area contributed by atoms with Gasteiger partial charge in [-0.15, -0.1) is 0 Å². The van der Waals surface area contributed by atoms with Crippen LogP contribution in [-0.2, 0) is 0 Å². The van der Waals surface area contributed by atoms with Gasteiger partial charge in [0, 0.05) is 12.2 Å². The number of nitrogens with two attached hydrogens (primary N) is 1. The Morgan fingerprint density at radius 1 is 1.64 bits per heavy atom. The number of halogens is 1. The molecule has 0 saturated heterocycles. The molecule has 2 N–H and O–H groups in total. The van der Waals surface area contributed by atoms with Crippen LogP contribution in [0.15, 0.2) is 16.9 Å². The molecule has 0 aliphatic carbocycles. The fourth-order valence-electron chi connectivity index (χ4n) is 0.829. The molecule has 1 rings (SSSR count). The predicted octanol–water partition coefficient (Wildman–Crippen LogP) is 2.17. The Labute approximate surface area is 75.0 Å². The average molecular weight is 215 g/mol. The minimum Gasteiger partial charge on any atom is -0.324 e. The number of aromatic nitrogens is 1. The van der Waals surface area contributed by atoms with Crippen molar-refractivity contribution in [3.63, 3.8) is 0 Å². The lowest BCUT2D eigenvalue weighted by Crippen LogP contribution is -2.05. The average Bonchev–Trinajstić information content (AvgIpc) is 1.94. The lowest BCUT2D eigenvalue weighted by atomic mass is 10.1. The topological polar surface area (TPSA) is 38.9 Å². The highest BCUT2D eigenvalue weighted by Gasteiger charge is 2.01. The van der Waals surface area contributed by atoms with Crippen LogP contribution in [0.3, 0.4) is 0 Å². The number of hydrogen-bond acceptors (Lipinski definition) is 2. The van der Waals surface area contributed by atoms with Gasteiger partial charge in [-0.05, 0) is 40.9 Å². The Morgan fingerprint density at radius 3 is 2.73 bits per heavy atom. The molecular weight excluding hydrogens is 204 g/mol. The fraction of sp³-hybridized carbons (Fsp3) is 0.375. The van der Waals surface area contributed by atoms with Crippen molar-refractivity contribution in [1.82, 2.24) is 4.98 Å². The first-order valence-corrected chi connectivity index (χ1v) is 4.28. The van der Waals surface area contributed by atoms with Crippen molar-refractivity contribution in [1.29, 1.82) is 0 Å². The maximum absolute atomic E-state index is 5.68. The first kappa shape index (κ1) is 8.68. The molecule has 1 aromatic heterocycles. The van der Waals surface area contributed by atoms with Gasteiger partial charge < -0.3 is 5.73 Å². The Hall–Kier alpha value is -0.410. The quantitative estimate of drug-likeness (QED) is 0.729. The van der Waals surface area contributed by atoms with Crippen molar-refractivity contribution < 1.29 is 0 Å². The molecule has 0 fully saturated rings. The molecule has 0 bridgehead atoms. The van der Waals surface area contributed by atoms with Crippen LogP contribution in [0.4, 0.5) is 0 Å². The third-order valence-electron chi connectivity index (χ3n) is 1.56. The van der Waals surface area contributed by atoms with E-state index >= 15 is 0 Å². The van der Waals surface area contributed by atoms with Gasteiger partial charge in [-0.3, -0.25) is 0 Å². The summed E-state index contributed by atoms with van der Waals surface area (Å²) in [4.78, 5) is 4.14. The number of rotatable bonds is 1. The molecule has 1 aromatic rings. The van der Waals surface area contributed by atoms with Gasteiger partial charge in [0.15, 0.2) is 0 Å². The van der Waals surface area contributed by atoms with Crippen LogP contribution in [-0.4, -0.2) is 4.98 Å². The molecule has 0 aliphatic heterocycles. The molecule has 2 nitrogen and oxygen atoms in total. The second kappa shape index (κ2) is 3.32. The van der Waals surface area contributed by atoms with Crippen molar-refractivity contribution in [2.24, 2.45) is 5.73 Å². The second-order valence-corrected chi connectivity index (χ2v) is 3.42. The zero-order valence-corrected chi connectivity index (χ0v) is 8.22. The van der Waals surface area contributed by atoms with Crippen molar-refractivity contribution in [2.45, 2.75) is 19.9 Å². The normalized spacial score (nSPS) is 13.1. The molecule has 1 heterocycles. The zero-order valence-electron chi connectivity index (χ0n) is 6.63. The Morgan fingerprint density at radius 2 is 2.27 bits per heavy atom. The molecule has 60 valence electrons. The van der Waals surface area contributed by atoms with E-state index in [0.717, 1.165) is 15.7 Å². The summed E-state index contributed by atoms with van der Waals surface area (Å²) in [6, 6.07) is 2.11. The van der Waals surface area contributed by atoms with Crippen LogP contribution < -0.4 is 5.73 Å². The van der Waals surface area contributed by atoms with Gasteiger partial charge in [0.05, 0.1) is 0 Å². The van der Waals surface area contributed by atoms with E-state index in [0.29, 0.717) is 0 Å². The molecule has 0 aliphatic rings. The molecule has 0 saturated carbocycles. The van der Waals surface area contributed by atoms with Gasteiger partial charge in [0.1, 0.15) is 4.60 Å². The number of aryl methyl sites for hydroxylation is 1. The van der Waals surface area contributed by atoms with Crippen LogP contribution in [0.2, 0.25) is 0 Å². The van der Waals surface area contributed by atoms with Crippen LogP contribution in [0.5, 0.6) is 0 Å². The lowest BCUT2D eigenvalue weighted by Gasteiger charge is -2.05. The molecule has 0 unspecified atom stereocenters. The SMILES string of the molecule is Cc1cc([C@H](C)N)cnc1Br. The molecular formula is C8H11BrN2. The fourth-order valence-corrected chi connectivity index (χ4v) is 1.05. The van der Waals surface area contributed by atoms with Gasteiger partial charge >= 0.3 is 0 Å². The summed E-state index contributed by atoms with van der Waals surface area (Å²) in [5, 5.41) is 0. The number of nitrogens with zero attached hydrogens (tertiary/aromatic N) is 1. The molecule has 11 heavy (non-hydrogen) atoms. The third-order valence-corrected chi connectivity index (χ3v) is 2.39. The Kier molecular flexibility index (Phi) is 2.62. The van der Waals surface area contributed by atoms with E-state index in [1.807, 2.05) is 19.9 Å². The van der Waals surface area contributed by atoms with Crippen molar-refractivity contribution in [3.8, 4) is 0 Å². The number of pyridine rings is 1. The predicted molar refractivity (Wildman–Crippen MR) is 49.3 cm³/mol. The highest BCUT2D eigenvalue weighted by atomic mass is 79.9. The molecule has 0 aromatic carbocycles. The number of hydrogen-bond donors (Lipinski definition) is 1. The van der Waals surface area contributed by atoms with Crippen LogP contribution >= 0.6 is 15.9 Å². The Balaban J connectivity index is 3.05. The summed E-state index contributed by atoms with van der Waals surface area (Å²) in [7, 11) is 0.